The normalized spacial score (nSPS) is 15.9. The first-order valence-corrected chi connectivity index (χ1v) is 8.04. The molecule has 118 valence electrons. The number of pyridine rings is 2. The zero-order valence-corrected chi connectivity index (χ0v) is 13.2. The fourth-order valence-corrected chi connectivity index (χ4v) is 3.02. The maximum Gasteiger partial charge on any atom is 0.128 e. The van der Waals surface area contributed by atoms with E-state index in [9.17, 15) is 0 Å². The molecule has 4 heterocycles. The second kappa shape index (κ2) is 6.01. The third-order valence-electron chi connectivity index (χ3n) is 4.28. The van der Waals surface area contributed by atoms with E-state index >= 15 is 0 Å². The Labute approximate surface area is 135 Å². The summed E-state index contributed by atoms with van der Waals surface area (Å²) in [7, 11) is 0. The van der Waals surface area contributed by atoms with Crippen LogP contribution in [0.3, 0.4) is 0 Å². The first-order valence-electron chi connectivity index (χ1n) is 8.04. The molecule has 23 heavy (non-hydrogen) atoms. The van der Waals surface area contributed by atoms with Crippen LogP contribution in [0.15, 0.2) is 36.7 Å². The number of H-pyrrole nitrogens is 1. The van der Waals surface area contributed by atoms with Crippen molar-refractivity contribution in [1.29, 1.82) is 0 Å². The highest BCUT2D eigenvalue weighted by Gasteiger charge is 2.14. The summed E-state index contributed by atoms with van der Waals surface area (Å²) in [4.78, 5) is 12.3. The molecule has 0 atom stereocenters. The van der Waals surface area contributed by atoms with Gasteiger partial charge in [0.25, 0.3) is 0 Å². The highest BCUT2D eigenvalue weighted by Crippen LogP contribution is 2.25. The number of hydrogen-bond donors (Lipinski definition) is 2. The molecule has 1 aliphatic heterocycles. The largest absolute Gasteiger partial charge is 0.381 e. The predicted octanol–water partition coefficient (Wildman–Crippen LogP) is 3.52. The quantitative estimate of drug-likeness (QED) is 0.777. The summed E-state index contributed by atoms with van der Waals surface area (Å²) in [5.41, 5.74) is 4.35. The number of aromatic nitrogens is 3. The minimum absolute atomic E-state index is 0.450. The third kappa shape index (κ3) is 3.05. The van der Waals surface area contributed by atoms with Gasteiger partial charge in [-0.25, -0.2) is 4.98 Å². The van der Waals surface area contributed by atoms with E-state index in [1.54, 1.807) is 0 Å². The molecular weight excluding hydrogens is 288 g/mol. The van der Waals surface area contributed by atoms with Gasteiger partial charge in [-0.15, -0.1) is 0 Å². The van der Waals surface area contributed by atoms with E-state index in [2.05, 4.69) is 38.5 Å². The van der Waals surface area contributed by atoms with Crippen molar-refractivity contribution in [2.45, 2.75) is 25.8 Å². The summed E-state index contributed by atoms with van der Waals surface area (Å²) in [6.07, 6.45) is 5.83. The van der Waals surface area contributed by atoms with Gasteiger partial charge in [-0.2, -0.15) is 0 Å². The predicted molar refractivity (Wildman–Crippen MR) is 91.5 cm³/mol. The molecular formula is C18H20N4O. The van der Waals surface area contributed by atoms with Gasteiger partial charge in [-0.3, -0.25) is 4.98 Å². The molecule has 3 aromatic heterocycles. The molecule has 1 aliphatic rings. The molecule has 0 amide bonds. The fraction of sp³-hybridized carbons (Fsp3) is 0.333. The Hall–Kier alpha value is -2.40. The van der Waals surface area contributed by atoms with Crippen LogP contribution in [0.25, 0.3) is 22.2 Å². The van der Waals surface area contributed by atoms with E-state index in [0.29, 0.717) is 6.04 Å². The number of nitrogens with zero attached hydrogens (tertiary/aromatic N) is 2. The average molecular weight is 308 g/mol. The van der Waals surface area contributed by atoms with Gasteiger partial charge < -0.3 is 15.0 Å². The number of anilines is 1. The van der Waals surface area contributed by atoms with E-state index in [-0.39, 0.29) is 0 Å². The molecule has 5 heteroatoms. The summed E-state index contributed by atoms with van der Waals surface area (Å²) < 4.78 is 5.40. The first kappa shape index (κ1) is 14.2. The lowest BCUT2D eigenvalue weighted by molar-refractivity contribution is 0.0904. The van der Waals surface area contributed by atoms with Crippen molar-refractivity contribution in [2.75, 3.05) is 18.5 Å². The first-order chi connectivity index (χ1) is 11.3. The standard InChI is InChI=1S/C18H20N4O/c1-12-8-13(2-5-19-12)16-9-14-11-20-18(10-17(14)22-16)21-15-3-6-23-7-4-15/h2,5,8-11,15,22H,3-4,6-7H2,1H3,(H,20,21). The Morgan fingerprint density at radius 3 is 2.87 bits per heavy atom. The molecule has 4 rings (SSSR count). The van der Waals surface area contributed by atoms with E-state index < -0.39 is 0 Å². The summed E-state index contributed by atoms with van der Waals surface area (Å²) in [6.45, 7) is 3.66. The van der Waals surface area contributed by atoms with Gasteiger partial charge in [0.2, 0.25) is 0 Å². The highest BCUT2D eigenvalue weighted by molar-refractivity contribution is 5.86. The van der Waals surface area contributed by atoms with Crippen LogP contribution in [0.5, 0.6) is 0 Å². The van der Waals surface area contributed by atoms with Crippen LogP contribution in [0.1, 0.15) is 18.5 Å². The van der Waals surface area contributed by atoms with Gasteiger partial charge in [0.1, 0.15) is 5.82 Å². The molecule has 0 spiro atoms. The summed E-state index contributed by atoms with van der Waals surface area (Å²) in [6, 6.07) is 8.77. The van der Waals surface area contributed by atoms with E-state index in [1.165, 1.54) is 0 Å². The second-order valence-electron chi connectivity index (χ2n) is 6.06. The summed E-state index contributed by atoms with van der Waals surface area (Å²) in [5.74, 6) is 0.920. The third-order valence-corrected chi connectivity index (χ3v) is 4.28. The SMILES string of the molecule is Cc1cc(-c2cc3cnc(NC4CCOCC4)cc3[nH]2)ccn1. The zero-order chi connectivity index (χ0) is 15.6. The fourth-order valence-electron chi connectivity index (χ4n) is 3.02. The number of aryl methyl sites for hydroxylation is 1. The van der Waals surface area contributed by atoms with Gasteiger partial charge in [0.05, 0.1) is 5.52 Å². The number of fused-ring (bicyclic) bond motifs is 1. The number of aromatic amines is 1. The Kier molecular flexibility index (Phi) is 3.71. The maximum atomic E-state index is 5.40. The molecule has 1 saturated heterocycles. The van der Waals surface area contributed by atoms with Crippen LogP contribution in [-0.2, 0) is 4.74 Å². The molecule has 3 aromatic rings. The van der Waals surface area contributed by atoms with E-state index in [4.69, 9.17) is 4.74 Å². The van der Waals surface area contributed by atoms with Gasteiger partial charge in [0.15, 0.2) is 0 Å². The molecule has 0 aromatic carbocycles. The number of hydrogen-bond acceptors (Lipinski definition) is 4. The number of nitrogens with one attached hydrogen (secondary N) is 2. The summed E-state index contributed by atoms with van der Waals surface area (Å²) in [5, 5.41) is 4.63. The number of ether oxygens (including phenoxy) is 1. The van der Waals surface area contributed by atoms with Crippen LogP contribution >= 0.6 is 0 Å². The van der Waals surface area contributed by atoms with Crippen molar-refractivity contribution in [3.63, 3.8) is 0 Å². The Bertz CT molecular complexity index is 821. The lowest BCUT2D eigenvalue weighted by atomic mass is 10.1. The topological polar surface area (TPSA) is 62.8 Å². The summed E-state index contributed by atoms with van der Waals surface area (Å²) >= 11 is 0. The lowest BCUT2D eigenvalue weighted by Gasteiger charge is -2.23. The van der Waals surface area contributed by atoms with E-state index in [1.807, 2.05) is 25.4 Å². The van der Waals surface area contributed by atoms with Crippen molar-refractivity contribution in [3.8, 4) is 11.3 Å². The van der Waals surface area contributed by atoms with E-state index in [0.717, 1.165) is 59.7 Å². The van der Waals surface area contributed by atoms with Gasteiger partial charge >= 0.3 is 0 Å². The molecule has 0 bridgehead atoms. The minimum atomic E-state index is 0.450. The van der Waals surface area contributed by atoms with Crippen molar-refractivity contribution in [2.24, 2.45) is 0 Å². The minimum Gasteiger partial charge on any atom is -0.381 e. The monoisotopic (exact) mass is 308 g/mol. The molecule has 0 aliphatic carbocycles. The average Bonchev–Trinajstić information content (AvgIpc) is 2.99. The van der Waals surface area contributed by atoms with Crippen LogP contribution in [0.4, 0.5) is 5.82 Å². The maximum absolute atomic E-state index is 5.40. The van der Waals surface area contributed by atoms with Crippen molar-refractivity contribution < 1.29 is 4.74 Å². The van der Waals surface area contributed by atoms with Gasteiger partial charge in [-0.05, 0) is 38.0 Å². The molecule has 1 fully saturated rings. The molecule has 5 nitrogen and oxygen atoms in total. The second-order valence-corrected chi connectivity index (χ2v) is 6.06. The van der Waals surface area contributed by atoms with Crippen LogP contribution in [0, 0.1) is 6.92 Å². The zero-order valence-electron chi connectivity index (χ0n) is 13.2. The smallest absolute Gasteiger partial charge is 0.128 e. The number of rotatable bonds is 3. The Morgan fingerprint density at radius 1 is 1.17 bits per heavy atom. The molecule has 0 unspecified atom stereocenters. The van der Waals surface area contributed by atoms with Gasteiger partial charge in [0, 0.05) is 60.1 Å². The Morgan fingerprint density at radius 2 is 2.04 bits per heavy atom. The molecule has 0 saturated carbocycles. The van der Waals surface area contributed by atoms with Crippen molar-refractivity contribution in [1.82, 2.24) is 15.0 Å². The van der Waals surface area contributed by atoms with Crippen LogP contribution in [-0.4, -0.2) is 34.2 Å². The molecule has 0 radical (unpaired) electrons. The Balaban J connectivity index is 1.61. The lowest BCUT2D eigenvalue weighted by Crippen LogP contribution is -2.28. The highest BCUT2D eigenvalue weighted by atomic mass is 16.5. The van der Waals surface area contributed by atoms with Crippen LogP contribution in [0.2, 0.25) is 0 Å². The van der Waals surface area contributed by atoms with Crippen LogP contribution < -0.4 is 5.32 Å². The van der Waals surface area contributed by atoms with Crippen molar-refractivity contribution in [3.05, 3.63) is 42.4 Å². The van der Waals surface area contributed by atoms with Crippen molar-refractivity contribution >= 4 is 16.7 Å². The molecule has 2 N–H and O–H groups in total. The van der Waals surface area contributed by atoms with Gasteiger partial charge in [-0.1, -0.05) is 0 Å².